The minimum Gasteiger partial charge on any atom is -0.386 e. The van der Waals surface area contributed by atoms with Crippen LogP contribution in [0, 0.1) is 12.7 Å². The maximum atomic E-state index is 12.7. The standard InChI is InChI=1S/C8H10FN/c1-6-3-4-7(9)8(5-6)10-2/h3-5,10H,1-2H3. The molecule has 0 unspecified atom stereocenters. The number of hydrogen-bond acceptors (Lipinski definition) is 1. The summed E-state index contributed by atoms with van der Waals surface area (Å²) in [5.41, 5.74) is 1.62. The molecule has 0 fully saturated rings. The first-order valence-corrected chi connectivity index (χ1v) is 3.18. The van der Waals surface area contributed by atoms with Gasteiger partial charge in [-0.15, -0.1) is 0 Å². The highest BCUT2D eigenvalue weighted by atomic mass is 19.1. The number of benzene rings is 1. The van der Waals surface area contributed by atoms with Gasteiger partial charge in [-0.1, -0.05) is 6.07 Å². The fourth-order valence-corrected chi connectivity index (χ4v) is 0.831. The van der Waals surface area contributed by atoms with Gasteiger partial charge in [0.1, 0.15) is 5.82 Å². The van der Waals surface area contributed by atoms with E-state index in [0.29, 0.717) is 5.69 Å². The van der Waals surface area contributed by atoms with Crippen LogP contribution < -0.4 is 5.32 Å². The zero-order chi connectivity index (χ0) is 7.56. The molecule has 0 spiro atoms. The molecule has 0 saturated carbocycles. The summed E-state index contributed by atoms with van der Waals surface area (Å²) >= 11 is 0. The van der Waals surface area contributed by atoms with E-state index >= 15 is 0 Å². The minimum absolute atomic E-state index is 0.201. The van der Waals surface area contributed by atoms with Gasteiger partial charge >= 0.3 is 0 Å². The summed E-state index contributed by atoms with van der Waals surface area (Å²) in [7, 11) is 1.71. The first kappa shape index (κ1) is 7.06. The van der Waals surface area contributed by atoms with Crippen LogP contribution in [-0.4, -0.2) is 7.05 Å². The summed E-state index contributed by atoms with van der Waals surface area (Å²) in [5, 5.41) is 2.76. The van der Waals surface area contributed by atoms with E-state index in [1.807, 2.05) is 6.92 Å². The maximum absolute atomic E-state index is 12.7. The highest BCUT2D eigenvalue weighted by Crippen LogP contribution is 2.13. The predicted molar refractivity (Wildman–Crippen MR) is 40.7 cm³/mol. The number of halogens is 1. The Kier molecular flexibility index (Phi) is 1.90. The highest BCUT2D eigenvalue weighted by Gasteiger charge is 1.96. The number of rotatable bonds is 1. The van der Waals surface area contributed by atoms with E-state index in [1.54, 1.807) is 19.2 Å². The summed E-state index contributed by atoms with van der Waals surface area (Å²) in [6.45, 7) is 1.93. The lowest BCUT2D eigenvalue weighted by atomic mass is 10.2. The molecule has 0 saturated heterocycles. The monoisotopic (exact) mass is 139 g/mol. The van der Waals surface area contributed by atoms with Gasteiger partial charge in [-0.3, -0.25) is 0 Å². The molecule has 10 heavy (non-hydrogen) atoms. The van der Waals surface area contributed by atoms with Gasteiger partial charge in [-0.05, 0) is 24.6 Å². The summed E-state index contributed by atoms with van der Waals surface area (Å²) in [5.74, 6) is -0.201. The summed E-state index contributed by atoms with van der Waals surface area (Å²) < 4.78 is 12.7. The SMILES string of the molecule is CNc1cc(C)ccc1F. The van der Waals surface area contributed by atoms with Crippen LogP contribution in [0.3, 0.4) is 0 Å². The Morgan fingerprint density at radius 3 is 2.60 bits per heavy atom. The van der Waals surface area contributed by atoms with Gasteiger partial charge in [-0.2, -0.15) is 0 Å². The largest absolute Gasteiger partial charge is 0.386 e. The molecule has 0 aliphatic heterocycles. The summed E-state index contributed by atoms with van der Waals surface area (Å²) in [6.07, 6.45) is 0. The first-order valence-electron chi connectivity index (χ1n) is 3.18. The summed E-state index contributed by atoms with van der Waals surface area (Å²) in [6, 6.07) is 4.98. The maximum Gasteiger partial charge on any atom is 0.146 e. The van der Waals surface area contributed by atoms with Gasteiger partial charge in [0.15, 0.2) is 0 Å². The smallest absolute Gasteiger partial charge is 0.146 e. The molecule has 1 aromatic rings. The molecule has 0 aliphatic rings. The van der Waals surface area contributed by atoms with Gasteiger partial charge in [-0.25, -0.2) is 4.39 Å². The van der Waals surface area contributed by atoms with E-state index in [-0.39, 0.29) is 5.82 Å². The Morgan fingerprint density at radius 2 is 2.10 bits per heavy atom. The van der Waals surface area contributed by atoms with E-state index in [0.717, 1.165) is 5.56 Å². The van der Waals surface area contributed by atoms with Crippen LogP contribution in [0.4, 0.5) is 10.1 Å². The lowest BCUT2D eigenvalue weighted by molar-refractivity contribution is 0.631. The number of anilines is 1. The molecule has 0 aromatic heterocycles. The van der Waals surface area contributed by atoms with E-state index in [4.69, 9.17) is 0 Å². The van der Waals surface area contributed by atoms with E-state index in [9.17, 15) is 4.39 Å². The third-order valence-electron chi connectivity index (χ3n) is 1.39. The molecule has 0 heterocycles. The second-order valence-electron chi connectivity index (χ2n) is 2.23. The van der Waals surface area contributed by atoms with Gasteiger partial charge < -0.3 is 5.32 Å². The van der Waals surface area contributed by atoms with Crippen LogP contribution in [-0.2, 0) is 0 Å². The molecule has 0 radical (unpaired) electrons. The minimum atomic E-state index is -0.201. The molecule has 1 rings (SSSR count). The van der Waals surface area contributed by atoms with Crippen molar-refractivity contribution in [2.24, 2.45) is 0 Å². The molecule has 0 amide bonds. The Hall–Kier alpha value is -1.05. The molecule has 1 nitrogen and oxygen atoms in total. The summed E-state index contributed by atoms with van der Waals surface area (Å²) in [4.78, 5) is 0. The zero-order valence-electron chi connectivity index (χ0n) is 6.11. The first-order chi connectivity index (χ1) is 4.74. The van der Waals surface area contributed by atoms with Crippen molar-refractivity contribution in [3.63, 3.8) is 0 Å². The van der Waals surface area contributed by atoms with E-state index in [1.165, 1.54) is 6.07 Å². The molecule has 0 atom stereocenters. The normalized spacial score (nSPS) is 9.50. The van der Waals surface area contributed by atoms with Crippen LogP contribution in [0.2, 0.25) is 0 Å². The molecule has 2 heteroatoms. The molecular weight excluding hydrogens is 129 g/mol. The second kappa shape index (κ2) is 2.69. The molecule has 0 aliphatic carbocycles. The van der Waals surface area contributed by atoms with Crippen molar-refractivity contribution in [1.82, 2.24) is 0 Å². The fraction of sp³-hybridized carbons (Fsp3) is 0.250. The number of aryl methyl sites for hydroxylation is 1. The lowest BCUT2D eigenvalue weighted by Gasteiger charge is -2.01. The van der Waals surface area contributed by atoms with Crippen molar-refractivity contribution < 1.29 is 4.39 Å². The van der Waals surface area contributed by atoms with Crippen molar-refractivity contribution in [3.8, 4) is 0 Å². The fourth-order valence-electron chi connectivity index (χ4n) is 0.831. The highest BCUT2D eigenvalue weighted by molar-refractivity contribution is 5.46. The van der Waals surface area contributed by atoms with E-state index < -0.39 is 0 Å². The quantitative estimate of drug-likeness (QED) is 0.628. The molecule has 1 aromatic carbocycles. The van der Waals surface area contributed by atoms with Crippen molar-refractivity contribution in [2.75, 3.05) is 12.4 Å². The average molecular weight is 139 g/mol. The molecular formula is C8H10FN. The van der Waals surface area contributed by atoms with Gasteiger partial charge in [0, 0.05) is 7.05 Å². The van der Waals surface area contributed by atoms with Crippen molar-refractivity contribution in [1.29, 1.82) is 0 Å². The topological polar surface area (TPSA) is 12.0 Å². The van der Waals surface area contributed by atoms with Gasteiger partial charge in [0.25, 0.3) is 0 Å². The third kappa shape index (κ3) is 1.26. The Morgan fingerprint density at radius 1 is 1.40 bits per heavy atom. The van der Waals surface area contributed by atoms with Gasteiger partial charge in [0.2, 0.25) is 0 Å². The van der Waals surface area contributed by atoms with Crippen LogP contribution in [0.25, 0.3) is 0 Å². The molecule has 1 N–H and O–H groups in total. The Labute approximate surface area is 59.9 Å². The van der Waals surface area contributed by atoms with Gasteiger partial charge in [0.05, 0.1) is 5.69 Å². The predicted octanol–water partition coefficient (Wildman–Crippen LogP) is 2.18. The number of nitrogens with one attached hydrogen (secondary N) is 1. The number of hydrogen-bond donors (Lipinski definition) is 1. The van der Waals surface area contributed by atoms with Crippen molar-refractivity contribution >= 4 is 5.69 Å². The van der Waals surface area contributed by atoms with Crippen molar-refractivity contribution in [2.45, 2.75) is 6.92 Å². The Bertz CT molecular complexity index is 233. The van der Waals surface area contributed by atoms with Crippen LogP contribution in [0.15, 0.2) is 18.2 Å². The van der Waals surface area contributed by atoms with Crippen LogP contribution in [0.5, 0.6) is 0 Å². The molecule has 54 valence electrons. The third-order valence-corrected chi connectivity index (χ3v) is 1.39. The Balaban J connectivity index is 3.09. The molecule has 0 bridgehead atoms. The van der Waals surface area contributed by atoms with Crippen LogP contribution in [0.1, 0.15) is 5.56 Å². The lowest BCUT2D eigenvalue weighted by Crippen LogP contribution is -1.91. The van der Waals surface area contributed by atoms with Crippen molar-refractivity contribution in [3.05, 3.63) is 29.6 Å². The average Bonchev–Trinajstić information content (AvgIpc) is 1.94. The second-order valence-corrected chi connectivity index (χ2v) is 2.23. The van der Waals surface area contributed by atoms with E-state index in [2.05, 4.69) is 5.32 Å². The zero-order valence-corrected chi connectivity index (χ0v) is 6.11. The van der Waals surface area contributed by atoms with Crippen LogP contribution >= 0.6 is 0 Å².